The Balaban J connectivity index is 2.98. The number of nitrogens with zero attached hydrogens (tertiary/aromatic N) is 1. The maximum Gasteiger partial charge on any atom is 0.115 e. The van der Waals surface area contributed by atoms with Gasteiger partial charge in [0.15, 0.2) is 0 Å². The minimum atomic E-state index is -0.552. The standard InChI is InChI=1S/C7H6FNO/c8-5-6-2-1-3-7(4-6)9-10/h1-4H,5H2. The van der Waals surface area contributed by atoms with Crippen LogP contribution in [-0.2, 0) is 6.67 Å². The number of nitroso groups, excluding NO2 is 1. The quantitative estimate of drug-likeness (QED) is 0.579. The van der Waals surface area contributed by atoms with E-state index in [4.69, 9.17) is 0 Å². The summed E-state index contributed by atoms with van der Waals surface area (Å²) in [6, 6.07) is 6.17. The van der Waals surface area contributed by atoms with Crippen LogP contribution in [0.4, 0.5) is 10.1 Å². The van der Waals surface area contributed by atoms with Gasteiger partial charge in [0.25, 0.3) is 0 Å². The fourth-order valence-electron chi connectivity index (χ4n) is 0.696. The molecule has 0 atom stereocenters. The van der Waals surface area contributed by atoms with Gasteiger partial charge in [-0.25, -0.2) is 4.39 Å². The zero-order valence-corrected chi connectivity index (χ0v) is 5.25. The van der Waals surface area contributed by atoms with E-state index in [0.29, 0.717) is 5.56 Å². The molecule has 0 heterocycles. The first-order valence-electron chi connectivity index (χ1n) is 2.85. The van der Waals surface area contributed by atoms with Crippen molar-refractivity contribution in [3.05, 3.63) is 34.7 Å². The van der Waals surface area contributed by atoms with E-state index in [1.165, 1.54) is 12.1 Å². The monoisotopic (exact) mass is 139 g/mol. The van der Waals surface area contributed by atoms with Gasteiger partial charge in [-0.2, -0.15) is 0 Å². The SMILES string of the molecule is O=Nc1cccc(CF)c1. The first-order chi connectivity index (χ1) is 4.86. The van der Waals surface area contributed by atoms with Crippen molar-refractivity contribution in [2.45, 2.75) is 6.67 Å². The van der Waals surface area contributed by atoms with Gasteiger partial charge in [-0.05, 0) is 22.9 Å². The summed E-state index contributed by atoms with van der Waals surface area (Å²) in [6.45, 7) is -0.552. The summed E-state index contributed by atoms with van der Waals surface area (Å²) in [5.74, 6) is 0. The van der Waals surface area contributed by atoms with E-state index in [0.717, 1.165) is 0 Å². The molecule has 0 radical (unpaired) electrons. The van der Waals surface area contributed by atoms with E-state index >= 15 is 0 Å². The molecular formula is C7H6FNO. The fraction of sp³-hybridized carbons (Fsp3) is 0.143. The Morgan fingerprint density at radius 1 is 1.50 bits per heavy atom. The molecule has 0 aliphatic rings. The van der Waals surface area contributed by atoms with Crippen molar-refractivity contribution < 1.29 is 4.39 Å². The van der Waals surface area contributed by atoms with E-state index in [1.807, 2.05) is 0 Å². The minimum absolute atomic E-state index is 0.273. The Hall–Kier alpha value is -1.25. The zero-order chi connectivity index (χ0) is 7.40. The molecule has 0 spiro atoms. The fourth-order valence-corrected chi connectivity index (χ4v) is 0.696. The molecule has 0 fully saturated rings. The number of rotatable bonds is 2. The number of alkyl halides is 1. The van der Waals surface area contributed by atoms with Crippen molar-refractivity contribution in [2.24, 2.45) is 5.18 Å². The second kappa shape index (κ2) is 3.06. The molecule has 0 N–H and O–H groups in total. The van der Waals surface area contributed by atoms with Crippen LogP contribution in [0.15, 0.2) is 29.4 Å². The average Bonchev–Trinajstić information content (AvgIpc) is 2.05. The van der Waals surface area contributed by atoms with Crippen LogP contribution in [0.3, 0.4) is 0 Å². The van der Waals surface area contributed by atoms with Crippen LogP contribution in [0.25, 0.3) is 0 Å². The number of hydrogen-bond donors (Lipinski definition) is 0. The second-order valence-corrected chi connectivity index (χ2v) is 1.89. The van der Waals surface area contributed by atoms with Gasteiger partial charge in [-0.3, -0.25) is 0 Å². The molecule has 1 aromatic carbocycles. The molecular weight excluding hydrogens is 133 g/mol. The molecule has 1 rings (SSSR count). The van der Waals surface area contributed by atoms with E-state index in [1.54, 1.807) is 12.1 Å². The molecule has 0 aliphatic carbocycles. The van der Waals surface area contributed by atoms with Gasteiger partial charge < -0.3 is 0 Å². The van der Waals surface area contributed by atoms with Gasteiger partial charge in [0.2, 0.25) is 0 Å². The van der Waals surface area contributed by atoms with Crippen molar-refractivity contribution in [2.75, 3.05) is 0 Å². The van der Waals surface area contributed by atoms with Crippen molar-refractivity contribution >= 4 is 5.69 Å². The van der Waals surface area contributed by atoms with Gasteiger partial charge in [0.1, 0.15) is 12.4 Å². The van der Waals surface area contributed by atoms with Crippen LogP contribution < -0.4 is 0 Å². The molecule has 0 bridgehead atoms. The zero-order valence-electron chi connectivity index (χ0n) is 5.25. The van der Waals surface area contributed by atoms with Gasteiger partial charge >= 0.3 is 0 Å². The topological polar surface area (TPSA) is 29.4 Å². The Morgan fingerprint density at radius 3 is 2.90 bits per heavy atom. The number of hydrogen-bond acceptors (Lipinski definition) is 2. The third-order valence-electron chi connectivity index (χ3n) is 1.17. The summed E-state index contributed by atoms with van der Waals surface area (Å²) in [4.78, 5) is 9.90. The van der Waals surface area contributed by atoms with Gasteiger partial charge in [-0.15, -0.1) is 4.91 Å². The Morgan fingerprint density at radius 2 is 2.30 bits per heavy atom. The lowest BCUT2D eigenvalue weighted by Crippen LogP contribution is -1.74. The van der Waals surface area contributed by atoms with E-state index in [2.05, 4.69) is 5.18 Å². The van der Waals surface area contributed by atoms with Gasteiger partial charge in [0, 0.05) is 0 Å². The van der Waals surface area contributed by atoms with E-state index < -0.39 is 6.67 Å². The molecule has 0 saturated carbocycles. The highest BCUT2D eigenvalue weighted by Gasteiger charge is 1.92. The molecule has 0 aliphatic heterocycles. The number of benzene rings is 1. The molecule has 0 saturated heterocycles. The van der Waals surface area contributed by atoms with Crippen LogP contribution in [0.5, 0.6) is 0 Å². The maximum atomic E-state index is 11.9. The summed E-state index contributed by atoms with van der Waals surface area (Å²) >= 11 is 0. The Bertz CT molecular complexity index is 237. The average molecular weight is 139 g/mol. The third-order valence-corrected chi connectivity index (χ3v) is 1.17. The van der Waals surface area contributed by atoms with Crippen molar-refractivity contribution in [1.82, 2.24) is 0 Å². The van der Waals surface area contributed by atoms with Crippen LogP contribution in [0.2, 0.25) is 0 Å². The highest BCUT2D eigenvalue weighted by molar-refractivity contribution is 5.39. The molecule has 0 unspecified atom stereocenters. The van der Waals surface area contributed by atoms with E-state index in [9.17, 15) is 9.30 Å². The smallest absolute Gasteiger partial charge is 0.115 e. The lowest BCUT2D eigenvalue weighted by molar-refractivity contribution is 0.485. The molecule has 52 valence electrons. The Kier molecular flexibility index (Phi) is 2.10. The molecule has 10 heavy (non-hydrogen) atoms. The predicted molar refractivity (Wildman–Crippen MR) is 36.7 cm³/mol. The van der Waals surface area contributed by atoms with Crippen LogP contribution >= 0.6 is 0 Å². The van der Waals surface area contributed by atoms with Crippen molar-refractivity contribution in [3.63, 3.8) is 0 Å². The summed E-state index contributed by atoms with van der Waals surface area (Å²) in [5, 5.41) is 2.66. The normalized spacial score (nSPS) is 9.30. The summed E-state index contributed by atoms with van der Waals surface area (Å²) in [7, 11) is 0. The molecule has 3 heteroatoms. The third kappa shape index (κ3) is 1.37. The van der Waals surface area contributed by atoms with Crippen LogP contribution in [-0.4, -0.2) is 0 Å². The molecule has 0 amide bonds. The lowest BCUT2D eigenvalue weighted by atomic mass is 10.2. The molecule has 1 aromatic rings. The summed E-state index contributed by atoms with van der Waals surface area (Å²) < 4.78 is 11.9. The molecule has 2 nitrogen and oxygen atoms in total. The summed E-state index contributed by atoms with van der Waals surface area (Å²) in [6.07, 6.45) is 0. The highest BCUT2D eigenvalue weighted by atomic mass is 19.1. The minimum Gasteiger partial charge on any atom is -0.246 e. The first-order valence-corrected chi connectivity index (χ1v) is 2.85. The second-order valence-electron chi connectivity index (χ2n) is 1.89. The largest absolute Gasteiger partial charge is 0.246 e. The van der Waals surface area contributed by atoms with E-state index in [-0.39, 0.29) is 5.69 Å². The lowest BCUT2D eigenvalue weighted by Gasteiger charge is -1.91. The van der Waals surface area contributed by atoms with Crippen LogP contribution in [0, 0.1) is 4.91 Å². The maximum absolute atomic E-state index is 11.9. The van der Waals surface area contributed by atoms with Crippen LogP contribution in [0.1, 0.15) is 5.56 Å². The highest BCUT2D eigenvalue weighted by Crippen LogP contribution is 2.13. The number of halogens is 1. The Labute approximate surface area is 57.7 Å². The summed E-state index contributed by atoms with van der Waals surface area (Å²) in [5.41, 5.74) is 0.757. The van der Waals surface area contributed by atoms with Gasteiger partial charge in [-0.1, -0.05) is 12.1 Å². The predicted octanol–water partition coefficient (Wildman–Crippen LogP) is 2.55. The first kappa shape index (κ1) is 6.86. The van der Waals surface area contributed by atoms with Gasteiger partial charge in [0.05, 0.1) is 0 Å². The van der Waals surface area contributed by atoms with Crippen molar-refractivity contribution in [1.29, 1.82) is 0 Å². The van der Waals surface area contributed by atoms with Crippen molar-refractivity contribution in [3.8, 4) is 0 Å². The molecule has 0 aromatic heterocycles.